The molecule has 1 saturated carbocycles. The second-order valence-corrected chi connectivity index (χ2v) is 12.2. The van der Waals surface area contributed by atoms with Gasteiger partial charge in [-0.25, -0.2) is 8.42 Å². The third-order valence-corrected chi connectivity index (χ3v) is 8.26. The van der Waals surface area contributed by atoms with E-state index in [0.29, 0.717) is 17.2 Å². The minimum absolute atomic E-state index is 0.0851. The van der Waals surface area contributed by atoms with E-state index in [0.717, 1.165) is 53.8 Å². The monoisotopic (exact) mass is 563 g/mol. The smallest absolute Gasteiger partial charge is 0.244 e. The van der Waals surface area contributed by atoms with Crippen LogP contribution in [0.1, 0.15) is 56.6 Å². The summed E-state index contributed by atoms with van der Waals surface area (Å²) in [5.41, 5.74) is 1.87. The van der Waals surface area contributed by atoms with E-state index in [4.69, 9.17) is 16.3 Å². The number of anilines is 1. The average Bonchev–Trinajstić information content (AvgIpc) is 2.88. The highest BCUT2D eigenvalue weighted by Gasteiger charge is 2.33. The van der Waals surface area contributed by atoms with Gasteiger partial charge in [0.05, 0.1) is 19.1 Å². The fourth-order valence-corrected chi connectivity index (χ4v) is 5.81. The zero-order valence-corrected chi connectivity index (χ0v) is 24.1. The fraction of sp³-hybridized carbons (Fsp3) is 0.500. The number of carbonyl (C=O) groups is 2. The molecule has 10 heteroatoms. The highest BCUT2D eigenvalue weighted by Crippen LogP contribution is 2.31. The van der Waals surface area contributed by atoms with Crippen LogP contribution in [0.5, 0.6) is 5.75 Å². The van der Waals surface area contributed by atoms with E-state index in [-0.39, 0.29) is 24.2 Å². The minimum atomic E-state index is -3.86. The Labute approximate surface area is 231 Å². The van der Waals surface area contributed by atoms with Gasteiger partial charge in [-0.2, -0.15) is 0 Å². The molecule has 8 nitrogen and oxygen atoms in total. The van der Waals surface area contributed by atoms with Gasteiger partial charge in [0.25, 0.3) is 0 Å². The number of nitrogens with zero attached hydrogens (tertiary/aromatic N) is 2. The standard InChI is InChI=1S/C28H38ClN3O5S/c1-5-24(28(34)30-23-9-7-6-8-10-23)31(18-21-12-14-22(29)15-13-21)27(33)19-32(38(4,35)36)25-17-20(2)11-16-26(25)37-3/h11-17,23-24H,5-10,18-19H2,1-4H3,(H,30,34)/t24-/m0/s1. The highest BCUT2D eigenvalue weighted by molar-refractivity contribution is 7.92. The lowest BCUT2D eigenvalue weighted by atomic mass is 9.95. The molecule has 0 bridgehead atoms. The van der Waals surface area contributed by atoms with Crippen molar-refractivity contribution >= 4 is 39.1 Å². The summed E-state index contributed by atoms with van der Waals surface area (Å²) in [7, 11) is -2.41. The Morgan fingerprint density at radius 1 is 1.11 bits per heavy atom. The van der Waals surface area contributed by atoms with Gasteiger partial charge >= 0.3 is 0 Å². The van der Waals surface area contributed by atoms with E-state index in [1.54, 1.807) is 42.5 Å². The Morgan fingerprint density at radius 2 is 1.76 bits per heavy atom. The van der Waals surface area contributed by atoms with Crippen molar-refractivity contribution in [1.29, 1.82) is 0 Å². The van der Waals surface area contributed by atoms with Crippen LogP contribution in [-0.4, -0.2) is 57.1 Å². The van der Waals surface area contributed by atoms with Crippen LogP contribution in [-0.2, 0) is 26.2 Å². The predicted molar refractivity (Wildman–Crippen MR) is 151 cm³/mol. The summed E-state index contributed by atoms with van der Waals surface area (Å²) in [5, 5.41) is 3.69. The summed E-state index contributed by atoms with van der Waals surface area (Å²) in [6, 6.07) is 11.5. The molecule has 2 aromatic carbocycles. The maximum atomic E-state index is 13.9. The molecular weight excluding hydrogens is 526 g/mol. The van der Waals surface area contributed by atoms with Gasteiger partial charge in [-0.1, -0.05) is 56.0 Å². The summed E-state index contributed by atoms with van der Waals surface area (Å²) in [5.74, 6) is -0.375. The van der Waals surface area contributed by atoms with E-state index in [9.17, 15) is 18.0 Å². The van der Waals surface area contributed by atoms with Crippen LogP contribution in [0.15, 0.2) is 42.5 Å². The third-order valence-electron chi connectivity index (χ3n) is 6.89. The molecule has 1 aliphatic rings. The number of sulfonamides is 1. The normalized spacial score (nSPS) is 15.0. The molecule has 0 aliphatic heterocycles. The van der Waals surface area contributed by atoms with Gasteiger partial charge in [0.15, 0.2) is 0 Å². The van der Waals surface area contributed by atoms with Gasteiger partial charge in [-0.15, -0.1) is 0 Å². The quantitative estimate of drug-likeness (QED) is 0.428. The average molecular weight is 564 g/mol. The lowest BCUT2D eigenvalue weighted by molar-refractivity contribution is -0.140. The lowest BCUT2D eigenvalue weighted by Gasteiger charge is -2.34. The molecule has 0 radical (unpaired) electrons. The summed E-state index contributed by atoms with van der Waals surface area (Å²) in [4.78, 5) is 28.8. The largest absolute Gasteiger partial charge is 0.495 e. The van der Waals surface area contributed by atoms with Crippen molar-refractivity contribution in [3.8, 4) is 5.75 Å². The highest BCUT2D eigenvalue weighted by atomic mass is 35.5. The molecule has 3 rings (SSSR count). The van der Waals surface area contributed by atoms with Gasteiger partial charge in [-0.3, -0.25) is 13.9 Å². The number of ether oxygens (including phenoxy) is 1. The number of hydrogen-bond donors (Lipinski definition) is 1. The predicted octanol–water partition coefficient (Wildman–Crippen LogP) is 4.68. The SMILES string of the molecule is CC[C@@H](C(=O)NC1CCCCC1)N(Cc1ccc(Cl)cc1)C(=O)CN(c1cc(C)ccc1OC)S(C)(=O)=O. The van der Waals surface area contributed by atoms with Crippen molar-refractivity contribution in [2.24, 2.45) is 0 Å². The van der Waals surface area contributed by atoms with E-state index in [2.05, 4.69) is 5.32 Å². The summed E-state index contributed by atoms with van der Waals surface area (Å²) >= 11 is 6.06. The maximum Gasteiger partial charge on any atom is 0.244 e. The van der Waals surface area contributed by atoms with Crippen LogP contribution in [0.2, 0.25) is 5.02 Å². The summed E-state index contributed by atoms with van der Waals surface area (Å²) in [6.45, 7) is 3.35. The zero-order chi connectivity index (χ0) is 27.9. The molecule has 2 aromatic rings. The fourth-order valence-electron chi connectivity index (χ4n) is 4.84. The Hall–Kier alpha value is -2.78. The van der Waals surface area contributed by atoms with Crippen LogP contribution >= 0.6 is 11.6 Å². The minimum Gasteiger partial charge on any atom is -0.495 e. The first-order valence-corrected chi connectivity index (χ1v) is 15.2. The Bertz CT molecular complexity index is 1210. The molecule has 0 saturated heterocycles. The molecule has 208 valence electrons. The molecule has 1 N–H and O–H groups in total. The Kier molecular flexibility index (Phi) is 10.4. The van der Waals surface area contributed by atoms with Crippen LogP contribution in [0.3, 0.4) is 0 Å². The molecule has 0 aromatic heterocycles. The molecule has 0 unspecified atom stereocenters. The summed E-state index contributed by atoms with van der Waals surface area (Å²) < 4.78 is 32.3. The molecule has 38 heavy (non-hydrogen) atoms. The topological polar surface area (TPSA) is 96.0 Å². The van der Waals surface area contributed by atoms with Crippen LogP contribution in [0.4, 0.5) is 5.69 Å². The van der Waals surface area contributed by atoms with Gasteiger partial charge in [0, 0.05) is 17.6 Å². The molecule has 0 spiro atoms. The first-order chi connectivity index (χ1) is 18.0. The van der Waals surface area contributed by atoms with Crippen molar-refractivity contribution in [2.75, 3.05) is 24.2 Å². The third kappa shape index (κ3) is 7.86. The van der Waals surface area contributed by atoms with E-state index in [1.165, 1.54) is 12.0 Å². The van der Waals surface area contributed by atoms with E-state index < -0.39 is 28.5 Å². The van der Waals surface area contributed by atoms with Crippen molar-refractivity contribution in [1.82, 2.24) is 10.2 Å². The first-order valence-electron chi connectivity index (χ1n) is 13.0. The molecular formula is C28H38ClN3O5S. The van der Waals surface area contributed by atoms with Gasteiger partial charge in [0.2, 0.25) is 21.8 Å². The van der Waals surface area contributed by atoms with Crippen molar-refractivity contribution in [3.63, 3.8) is 0 Å². The number of aryl methyl sites for hydroxylation is 1. The number of amides is 2. The number of hydrogen-bond acceptors (Lipinski definition) is 5. The van der Waals surface area contributed by atoms with E-state index in [1.807, 2.05) is 13.8 Å². The molecule has 1 atom stereocenters. The van der Waals surface area contributed by atoms with Gasteiger partial charge in [-0.05, 0) is 61.6 Å². The molecule has 2 amide bonds. The van der Waals surface area contributed by atoms with Crippen molar-refractivity contribution in [2.45, 2.75) is 71.0 Å². The number of rotatable bonds is 11. The number of benzene rings is 2. The van der Waals surface area contributed by atoms with Gasteiger partial charge in [0.1, 0.15) is 18.3 Å². The van der Waals surface area contributed by atoms with Crippen LogP contribution in [0, 0.1) is 6.92 Å². The second kappa shape index (κ2) is 13.3. The number of halogens is 1. The Morgan fingerprint density at radius 3 is 2.34 bits per heavy atom. The molecule has 1 aliphatic carbocycles. The van der Waals surface area contributed by atoms with E-state index >= 15 is 0 Å². The Balaban J connectivity index is 1.95. The second-order valence-electron chi connectivity index (χ2n) is 9.86. The van der Waals surface area contributed by atoms with Crippen molar-refractivity contribution in [3.05, 3.63) is 58.6 Å². The van der Waals surface area contributed by atoms with Gasteiger partial charge < -0.3 is 15.0 Å². The summed E-state index contributed by atoms with van der Waals surface area (Å²) in [6.07, 6.45) is 6.57. The maximum absolute atomic E-state index is 13.9. The number of methoxy groups -OCH3 is 1. The zero-order valence-electron chi connectivity index (χ0n) is 22.6. The number of carbonyl (C=O) groups excluding carboxylic acids is 2. The van der Waals surface area contributed by atoms with Crippen LogP contribution < -0.4 is 14.4 Å². The van der Waals surface area contributed by atoms with Crippen LogP contribution in [0.25, 0.3) is 0 Å². The first kappa shape index (κ1) is 29.8. The van der Waals surface area contributed by atoms with Crippen molar-refractivity contribution < 1.29 is 22.7 Å². The molecule has 1 fully saturated rings. The lowest BCUT2D eigenvalue weighted by Crippen LogP contribution is -2.54. The number of nitrogens with one attached hydrogen (secondary N) is 1. The molecule has 0 heterocycles.